The maximum atomic E-state index is 12.4. The zero-order valence-electron chi connectivity index (χ0n) is 11.0. The second kappa shape index (κ2) is 5.85. The normalized spacial score (nSPS) is 12.3. The van der Waals surface area contributed by atoms with Crippen LogP contribution in [0.15, 0.2) is 10.3 Å². The van der Waals surface area contributed by atoms with Gasteiger partial charge < -0.3 is 5.73 Å². The third-order valence-electron chi connectivity index (χ3n) is 2.50. The maximum Gasteiger partial charge on any atom is 0.304 e. The van der Waals surface area contributed by atoms with E-state index >= 15 is 0 Å². The lowest BCUT2D eigenvalue weighted by atomic mass is 10.4. The summed E-state index contributed by atoms with van der Waals surface area (Å²) in [6.07, 6.45) is 0.667. The largest absolute Gasteiger partial charge is 0.385 e. The third kappa shape index (κ3) is 3.23. The Bertz CT molecular complexity index is 565. The molecule has 9 heteroatoms. The van der Waals surface area contributed by atoms with Gasteiger partial charge in [0.25, 0.3) is 10.0 Å². The van der Waals surface area contributed by atoms with Gasteiger partial charge in [-0.05, 0) is 20.3 Å². The fourth-order valence-corrected chi connectivity index (χ4v) is 4.71. The average Bonchev–Trinajstić information content (AvgIpc) is 2.68. The van der Waals surface area contributed by atoms with E-state index in [1.807, 2.05) is 6.92 Å². The Labute approximate surface area is 116 Å². The molecule has 0 fully saturated rings. The fourth-order valence-electron chi connectivity index (χ4n) is 1.63. The number of sulfonamides is 1. The quantitative estimate of drug-likeness (QED) is 0.639. The standard InChI is InChI=1S/C10H17N3O4S2/c1-4-5-12(7(2)3)19(16,17)9-6-8(13(14)15)10(11)18-9/h6-7H,4-5,11H2,1-3H3. The van der Waals surface area contributed by atoms with Crippen LogP contribution in [-0.4, -0.2) is 30.2 Å². The highest BCUT2D eigenvalue weighted by molar-refractivity contribution is 7.91. The molecule has 108 valence electrons. The van der Waals surface area contributed by atoms with E-state index in [4.69, 9.17) is 5.73 Å². The highest BCUT2D eigenvalue weighted by Gasteiger charge is 2.31. The highest BCUT2D eigenvalue weighted by Crippen LogP contribution is 2.36. The minimum absolute atomic E-state index is 0.0844. The lowest BCUT2D eigenvalue weighted by molar-refractivity contribution is -0.383. The summed E-state index contributed by atoms with van der Waals surface area (Å²) in [5.74, 6) is 0. The van der Waals surface area contributed by atoms with Crippen LogP contribution >= 0.6 is 11.3 Å². The van der Waals surface area contributed by atoms with Crippen molar-refractivity contribution in [2.45, 2.75) is 37.4 Å². The number of nitrogens with two attached hydrogens (primary N) is 1. The molecule has 0 aliphatic carbocycles. The van der Waals surface area contributed by atoms with Crippen LogP contribution in [0.5, 0.6) is 0 Å². The molecule has 1 aromatic rings. The number of hydrogen-bond donors (Lipinski definition) is 1. The van der Waals surface area contributed by atoms with Crippen molar-refractivity contribution in [3.05, 3.63) is 16.2 Å². The Balaban J connectivity index is 3.26. The summed E-state index contributed by atoms with van der Waals surface area (Å²) in [7, 11) is -3.73. The number of nitrogen functional groups attached to an aromatic ring is 1. The molecule has 2 N–H and O–H groups in total. The van der Waals surface area contributed by atoms with E-state index < -0.39 is 14.9 Å². The number of hydrogen-bond acceptors (Lipinski definition) is 6. The number of nitrogens with zero attached hydrogens (tertiary/aromatic N) is 2. The highest BCUT2D eigenvalue weighted by atomic mass is 32.2. The molecular weight excluding hydrogens is 290 g/mol. The van der Waals surface area contributed by atoms with Gasteiger partial charge in [0.2, 0.25) is 0 Å². The van der Waals surface area contributed by atoms with Gasteiger partial charge in [-0.3, -0.25) is 10.1 Å². The lowest BCUT2D eigenvalue weighted by Crippen LogP contribution is -2.37. The summed E-state index contributed by atoms with van der Waals surface area (Å²) in [5, 5.41) is 10.6. The lowest BCUT2D eigenvalue weighted by Gasteiger charge is -2.24. The molecule has 1 aromatic heterocycles. The number of anilines is 1. The fraction of sp³-hybridized carbons (Fsp3) is 0.600. The van der Waals surface area contributed by atoms with Crippen LogP contribution in [0, 0.1) is 10.1 Å². The molecule has 0 spiro atoms. The van der Waals surface area contributed by atoms with Gasteiger partial charge in [-0.2, -0.15) is 4.31 Å². The SMILES string of the molecule is CCCN(C(C)C)S(=O)(=O)c1cc([N+](=O)[O-])c(N)s1. The van der Waals surface area contributed by atoms with Gasteiger partial charge in [-0.15, -0.1) is 0 Å². The van der Waals surface area contributed by atoms with Crippen LogP contribution < -0.4 is 5.73 Å². The molecule has 0 bridgehead atoms. The monoisotopic (exact) mass is 307 g/mol. The molecule has 0 unspecified atom stereocenters. The zero-order valence-corrected chi connectivity index (χ0v) is 12.6. The Morgan fingerprint density at radius 3 is 2.47 bits per heavy atom. The molecule has 0 aliphatic rings. The van der Waals surface area contributed by atoms with Gasteiger partial charge in [0.1, 0.15) is 4.21 Å². The third-order valence-corrected chi connectivity index (χ3v) is 5.98. The van der Waals surface area contributed by atoms with Crippen molar-refractivity contribution in [2.75, 3.05) is 12.3 Å². The van der Waals surface area contributed by atoms with E-state index in [2.05, 4.69) is 0 Å². The summed E-state index contributed by atoms with van der Waals surface area (Å²) in [6, 6.07) is 0.813. The van der Waals surface area contributed by atoms with Gasteiger partial charge in [-0.1, -0.05) is 18.3 Å². The number of thiophene rings is 1. The summed E-state index contributed by atoms with van der Waals surface area (Å²) >= 11 is 0.728. The molecule has 0 saturated carbocycles. The van der Waals surface area contributed by atoms with Gasteiger partial charge >= 0.3 is 5.69 Å². The molecular formula is C10H17N3O4S2. The Hall–Kier alpha value is -1.19. The van der Waals surface area contributed by atoms with Crippen LogP contribution in [0.25, 0.3) is 0 Å². The van der Waals surface area contributed by atoms with Gasteiger partial charge in [0, 0.05) is 18.7 Å². The Kier molecular flexibility index (Phi) is 4.88. The van der Waals surface area contributed by atoms with Crippen LogP contribution in [-0.2, 0) is 10.0 Å². The Morgan fingerprint density at radius 1 is 1.53 bits per heavy atom. The summed E-state index contributed by atoms with van der Waals surface area (Å²) < 4.78 is 26.1. The van der Waals surface area contributed by atoms with Gasteiger partial charge in [-0.25, -0.2) is 8.42 Å². The predicted octanol–water partition coefficient (Wildman–Crippen LogP) is 2.05. The Morgan fingerprint density at radius 2 is 2.11 bits per heavy atom. The van der Waals surface area contributed by atoms with Crippen molar-refractivity contribution in [2.24, 2.45) is 0 Å². The first-order valence-electron chi connectivity index (χ1n) is 5.77. The second-order valence-corrected chi connectivity index (χ2v) is 7.48. The minimum atomic E-state index is -3.73. The summed E-state index contributed by atoms with van der Waals surface area (Å²) in [5.41, 5.74) is 5.13. The van der Waals surface area contributed by atoms with Crippen molar-refractivity contribution in [3.8, 4) is 0 Å². The van der Waals surface area contributed by atoms with Crippen molar-refractivity contribution >= 4 is 32.0 Å². The summed E-state index contributed by atoms with van der Waals surface area (Å²) in [4.78, 5) is 10.0. The zero-order chi connectivity index (χ0) is 14.8. The topological polar surface area (TPSA) is 107 Å². The molecule has 19 heavy (non-hydrogen) atoms. The number of nitro groups is 1. The average molecular weight is 307 g/mol. The first-order valence-corrected chi connectivity index (χ1v) is 8.03. The van der Waals surface area contributed by atoms with E-state index in [9.17, 15) is 18.5 Å². The van der Waals surface area contributed by atoms with Gasteiger partial charge in [0.05, 0.1) is 4.92 Å². The van der Waals surface area contributed by atoms with Crippen LogP contribution in [0.4, 0.5) is 10.7 Å². The van der Waals surface area contributed by atoms with E-state index in [1.54, 1.807) is 13.8 Å². The summed E-state index contributed by atoms with van der Waals surface area (Å²) in [6.45, 7) is 5.76. The molecule has 7 nitrogen and oxygen atoms in total. The first-order chi connectivity index (χ1) is 8.71. The molecule has 0 aromatic carbocycles. The molecule has 1 heterocycles. The van der Waals surface area contributed by atoms with E-state index in [0.29, 0.717) is 13.0 Å². The van der Waals surface area contributed by atoms with Crippen LogP contribution in [0.1, 0.15) is 27.2 Å². The molecule has 0 radical (unpaired) electrons. The van der Waals surface area contributed by atoms with Crippen molar-refractivity contribution in [1.29, 1.82) is 0 Å². The van der Waals surface area contributed by atoms with Crippen LogP contribution in [0.2, 0.25) is 0 Å². The predicted molar refractivity (Wildman–Crippen MR) is 74.7 cm³/mol. The first kappa shape index (κ1) is 15.9. The smallest absolute Gasteiger partial charge is 0.304 e. The maximum absolute atomic E-state index is 12.4. The van der Waals surface area contributed by atoms with E-state index in [0.717, 1.165) is 17.4 Å². The molecule has 0 aliphatic heterocycles. The van der Waals surface area contributed by atoms with Crippen molar-refractivity contribution < 1.29 is 13.3 Å². The van der Waals surface area contributed by atoms with E-state index in [1.165, 1.54) is 4.31 Å². The van der Waals surface area contributed by atoms with Crippen molar-refractivity contribution in [3.63, 3.8) is 0 Å². The molecule has 0 atom stereocenters. The minimum Gasteiger partial charge on any atom is -0.385 e. The molecule has 0 amide bonds. The second-order valence-electron chi connectivity index (χ2n) is 4.28. The molecule has 0 saturated heterocycles. The number of rotatable bonds is 6. The van der Waals surface area contributed by atoms with Crippen molar-refractivity contribution in [1.82, 2.24) is 4.31 Å². The van der Waals surface area contributed by atoms with Crippen LogP contribution in [0.3, 0.4) is 0 Å². The molecule has 1 rings (SSSR count). The van der Waals surface area contributed by atoms with Gasteiger partial charge in [0.15, 0.2) is 5.00 Å². The van der Waals surface area contributed by atoms with E-state index in [-0.39, 0.29) is 20.9 Å².